The number of nitrogens with zero attached hydrogens (tertiary/aromatic N) is 5. The summed E-state index contributed by atoms with van der Waals surface area (Å²) in [5.41, 5.74) is 8.75. The predicted octanol–water partition coefficient (Wildman–Crippen LogP) is 4.41. The number of aryl methyl sites for hydroxylation is 1. The Labute approximate surface area is 206 Å². The van der Waals surface area contributed by atoms with E-state index in [1.54, 1.807) is 25.3 Å². The number of H-pyrrole nitrogens is 1. The Morgan fingerprint density at radius 2 is 2.00 bits per heavy atom. The molecule has 184 valence electrons. The highest BCUT2D eigenvalue weighted by Crippen LogP contribution is 2.38. The Kier molecular flexibility index (Phi) is 6.32. The van der Waals surface area contributed by atoms with Gasteiger partial charge < -0.3 is 15.2 Å². The lowest BCUT2D eigenvalue weighted by Gasteiger charge is -2.29. The van der Waals surface area contributed by atoms with Crippen LogP contribution in [0.15, 0.2) is 30.7 Å². The Hall–Kier alpha value is -3.26. The molecule has 1 fully saturated rings. The molecular formula is C27H35N7O. The summed E-state index contributed by atoms with van der Waals surface area (Å²) < 4.78 is 1.84. The van der Waals surface area contributed by atoms with Crippen LogP contribution in [-0.4, -0.2) is 62.1 Å². The summed E-state index contributed by atoms with van der Waals surface area (Å²) in [4.78, 5) is 26.8. The van der Waals surface area contributed by atoms with Crippen LogP contribution in [0.4, 0.5) is 0 Å². The van der Waals surface area contributed by atoms with E-state index >= 15 is 0 Å². The quantitative estimate of drug-likeness (QED) is 0.433. The molecule has 1 aliphatic rings. The van der Waals surface area contributed by atoms with Crippen molar-refractivity contribution < 1.29 is 4.79 Å². The summed E-state index contributed by atoms with van der Waals surface area (Å²) in [7, 11) is 3.60. The topological polar surface area (TPSA) is 91.2 Å². The molecule has 0 aliphatic heterocycles. The van der Waals surface area contributed by atoms with E-state index < -0.39 is 0 Å². The van der Waals surface area contributed by atoms with Gasteiger partial charge in [0.2, 0.25) is 5.91 Å². The molecule has 0 radical (unpaired) electrons. The van der Waals surface area contributed by atoms with E-state index in [4.69, 9.17) is 4.98 Å². The highest BCUT2D eigenvalue weighted by Gasteiger charge is 2.25. The Morgan fingerprint density at radius 3 is 2.71 bits per heavy atom. The number of fused-ring (bicyclic) bond motifs is 2. The van der Waals surface area contributed by atoms with E-state index in [1.165, 1.54) is 11.3 Å². The third-order valence-electron chi connectivity index (χ3n) is 7.31. The molecular weight excluding hydrogens is 438 g/mol. The third-order valence-corrected chi connectivity index (χ3v) is 7.31. The zero-order valence-corrected chi connectivity index (χ0v) is 21.3. The molecule has 8 heteroatoms. The molecule has 0 saturated heterocycles. The summed E-state index contributed by atoms with van der Waals surface area (Å²) in [5, 5.41) is 7.79. The van der Waals surface area contributed by atoms with Crippen LogP contribution in [0.3, 0.4) is 0 Å². The number of aromatic amines is 1. The summed E-state index contributed by atoms with van der Waals surface area (Å²) in [5.74, 6) is 0.901. The number of pyridine rings is 2. The number of rotatable bonds is 6. The van der Waals surface area contributed by atoms with Gasteiger partial charge in [-0.05, 0) is 62.3 Å². The molecule has 1 aliphatic carbocycles. The molecule has 8 nitrogen and oxygen atoms in total. The van der Waals surface area contributed by atoms with Crippen molar-refractivity contribution in [3.8, 4) is 11.3 Å². The van der Waals surface area contributed by atoms with Gasteiger partial charge in [-0.15, -0.1) is 0 Å². The molecule has 2 N–H and O–H groups in total. The van der Waals surface area contributed by atoms with Gasteiger partial charge in [-0.1, -0.05) is 13.8 Å². The van der Waals surface area contributed by atoms with E-state index in [-0.39, 0.29) is 5.91 Å². The van der Waals surface area contributed by atoms with E-state index in [0.29, 0.717) is 24.4 Å². The Bertz CT molecular complexity index is 1360. The normalized spacial score (nSPS) is 18.6. The van der Waals surface area contributed by atoms with Gasteiger partial charge >= 0.3 is 0 Å². The van der Waals surface area contributed by atoms with Crippen molar-refractivity contribution in [1.82, 2.24) is 34.8 Å². The van der Waals surface area contributed by atoms with Gasteiger partial charge in [-0.3, -0.25) is 9.78 Å². The van der Waals surface area contributed by atoms with Gasteiger partial charge in [0.15, 0.2) is 5.65 Å². The number of hydrogen-bond donors (Lipinski definition) is 2. The summed E-state index contributed by atoms with van der Waals surface area (Å²) in [6, 6.07) is 6.95. The second kappa shape index (κ2) is 9.41. The highest BCUT2D eigenvalue weighted by atomic mass is 16.2. The smallest absolute Gasteiger partial charge is 0.236 e. The van der Waals surface area contributed by atoms with Crippen molar-refractivity contribution >= 4 is 22.6 Å². The Morgan fingerprint density at radius 1 is 1.23 bits per heavy atom. The second-order valence-electron chi connectivity index (χ2n) is 10.4. The maximum absolute atomic E-state index is 11.9. The maximum atomic E-state index is 11.9. The molecule has 0 bridgehead atoms. The minimum Gasteiger partial charge on any atom is -0.353 e. The first-order valence-electron chi connectivity index (χ1n) is 12.6. The van der Waals surface area contributed by atoms with Crippen LogP contribution >= 0.6 is 0 Å². The van der Waals surface area contributed by atoms with Crippen LogP contribution in [0.5, 0.6) is 0 Å². The van der Waals surface area contributed by atoms with Gasteiger partial charge in [-0.25, -0.2) is 9.50 Å². The van der Waals surface area contributed by atoms with Crippen LogP contribution in [0.2, 0.25) is 0 Å². The minimum absolute atomic E-state index is 0.127. The molecule has 5 rings (SSSR count). The van der Waals surface area contributed by atoms with Crippen molar-refractivity contribution in [2.75, 3.05) is 20.6 Å². The molecule has 0 unspecified atom stereocenters. The highest BCUT2D eigenvalue weighted by molar-refractivity contribution is 5.88. The Balaban J connectivity index is 1.40. The average molecular weight is 474 g/mol. The predicted molar refractivity (Wildman–Crippen MR) is 139 cm³/mol. The summed E-state index contributed by atoms with van der Waals surface area (Å²) in [6.07, 6.45) is 7.95. The first kappa shape index (κ1) is 23.5. The summed E-state index contributed by atoms with van der Waals surface area (Å²) >= 11 is 0. The largest absolute Gasteiger partial charge is 0.353 e. The molecule has 4 heterocycles. The first-order valence-corrected chi connectivity index (χ1v) is 12.6. The molecule has 4 aromatic rings. The zero-order chi connectivity index (χ0) is 24.7. The fourth-order valence-electron chi connectivity index (χ4n) is 5.33. The number of amides is 1. The van der Waals surface area contributed by atoms with Crippen molar-refractivity contribution in [2.24, 2.45) is 0 Å². The number of carbonyl (C=O) groups excluding carboxylic acids is 1. The number of likely N-dealkylation sites (N-methyl/N-ethyl adjacent to an activating group) is 1. The SMILES string of the molecule is Cc1cc(-c2[nH]c3ccc(C4CCC(NCC(=O)N(C)C)CC4)nc3c2C(C)C)cn2ncnc12. The van der Waals surface area contributed by atoms with Gasteiger partial charge in [-0.2, -0.15) is 5.10 Å². The molecule has 0 atom stereocenters. The van der Waals surface area contributed by atoms with Crippen molar-refractivity contribution in [2.45, 2.75) is 64.3 Å². The van der Waals surface area contributed by atoms with Gasteiger partial charge in [0.05, 0.1) is 23.3 Å². The lowest BCUT2D eigenvalue weighted by molar-refractivity contribution is -0.127. The van der Waals surface area contributed by atoms with Crippen LogP contribution in [0.1, 0.15) is 68.2 Å². The van der Waals surface area contributed by atoms with Gasteiger partial charge in [0.25, 0.3) is 0 Å². The van der Waals surface area contributed by atoms with E-state index in [9.17, 15) is 4.79 Å². The number of hydrogen-bond acceptors (Lipinski definition) is 5. The summed E-state index contributed by atoms with van der Waals surface area (Å²) in [6.45, 7) is 6.94. The standard InChI is InChI=1S/C27H35N7O/c1-16(2)24-25(19-12-17(3)27-29-15-30-34(27)14-19)32-22-11-10-21(31-26(22)24)18-6-8-20(9-7-18)28-13-23(35)33(4)5/h10-12,14-16,18,20,28,32H,6-9,13H2,1-5H3. The van der Waals surface area contributed by atoms with Gasteiger partial charge in [0, 0.05) is 49.1 Å². The van der Waals surface area contributed by atoms with E-state index in [1.807, 2.05) is 10.7 Å². The maximum Gasteiger partial charge on any atom is 0.236 e. The number of nitrogens with one attached hydrogen (secondary N) is 2. The molecule has 0 spiro atoms. The fraction of sp³-hybridized carbons (Fsp3) is 0.481. The third kappa shape index (κ3) is 4.55. The van der Waals surface area contributed by atoms with Crippen LogP contribution in [-0.2, 0) is 4.79 Å². The molecule has 35 heavy (non-hydrogen) atoms. The molecule has 0 aromatic carbocycles. The molecule has 1 amide bonds. The van der Waals surface area contributed by atoms with E-state index in [2.05, 4.69) is 59.4 Å². The first-order chi connectivity index (χ1) is 16.8. The molecule has 4 aromatic heterocycles. The average Bonchev–Trinajstić information content (AvgIpc) is 3.47. The van der Waals surface area contributed by atoms with Crippen LogP contribution < -0.4 is 5.32 Å². The van der Waals surface area contributed by atoms with Gasteiger partial charge in [0.1, 0.15) is 6.33 Å². The fourth-order valence-corrected chi connectivity index (χ4v) is 5.33. The van der Waals surface area contributed by atoms with Crippen molar-refractivity contribution in [3.05, 3.63) is 47.5 Å². The number of aromatic nitrogens is 5. The molecule has 1 saturated carbocycles. The van der Waals surface area contributed by atoms with Crippen molar-refractivity contribution in [3.63, 3.8) is 0 Å². The monoisotopic (exact) mass is 473 g/mol. The minimum atomic E-state index is 0.127. The lowest BCUT2D eigenvalue weighted by atomic mass is 9.83. The zero-order valence-electron chi connectivity index (χ0n) is 21.3. The van der Waals surface area contributed by atoms with Crippen LogP contribution in [0, 0.1) is 6.92 Å². The van der Waals surface area contributed by atoms with E-state index in [0.717, 1.165) is 59.2 Å². The van der Waals surface area contributed by atoms with Crippen molar-refractivity contribution in [1.29, 1.82) is 0 Å². The van der Waals surface area contributed by atoms with Crippen LogP contribution in [0.25, 0.3) is 27.9 Å². The second-order valence-corrected chi connectivity index (χ2v) is 10.4. The lowest BCUT2D eigenvalue weighted by Crippen LogP contribution is -2.40. The number of carbonyl (C=O) groups is 1.